The lowest BCUT2D eigenvalue weighted by Crippen LogP contribution is -2.52. The number of nitro groups is 1. The predicted octanol–water partition coefficient (Wildman–Crippen LogP) is -0.132. The van der Waals surface area contributed by atoms with Crippen molar-refractivity contribution in [2.75, 3.05) is 30.4 Å². The number of amides is 1. The van der Waals surface area contributed by atoms with E-state index in [-0.39, 0.29) is 18.0 Å². The molecule has 0 aliphatic carbocycles. The number of nitrogen functional groups attached to an aromatic ring is 1. The Balaban J connectivity index is 2.34. The maximum Gasteiger partial charge on any atom is 0.271 e. The fraction of sp³-hybridized carbons (Fsp3) is 0.364. The van der Waals surface area contributed by atoms with E-state index in [1.54, 1.807) is 4.90 Å². The zero-order chi connectivity index (χ0) is 14.0. The summed E-state index contributed by atoms with van der Waals surface area (Å²) in [6.07, 6.45) is 0. The highest BCUT2D eigenvalue weighted by Gasteiger charge is 2.29. The molecule has 0 spiro atoms. The Kier molecular flexibility index (Phi) is 3.52. The van der Waals surface area contributed by atoms with Gasteiger partial charge in [-0.15, -0.1) is 0 Å². The number of hydrogen-bond acceptors (Lipinski definition) is 6. The van der Waals surface area contributed by atoms with Gasteiger partial charge in [0.25, 0.3) is 5.69 Å². The molecule has 1 amide bonds. The minimum Gasteiger partial charge on any atom is -0.397 e. The van der Waals surface area contributed by atoms with Crippen LogP contribution in [0.25, 0.3) is 0 Å². The van der Waals surface area contributed by atoms with E-state index < -0.39 is 16.9 Å². The first kappa shape index (κ1) is 13.1. The highest BCUT2D eigenvalue weighted by atomic mass is 16.6. The summed E-state index contributed by atoms with van der Waals surface area (Å²) in [5.74, 6) is -0.516. The molecule has 8 heteroatoms. The quantitative estimate of drug-likeness (QED) is 0.446. The first-order valence-corrected chi connectivity index (χ1v) is 5.68. The summed E-state index contributed by atoms with van der Waals surface area (Å²) in [6.45, 7) is 1.08. The second-order valence-corrected chi connectivity index (χ2v) is 4.19. The SMILES string of the molecule is NC(=O)C1COCCN1c1ccc([N+](=O)[O-])cc1N. The normalized spacial score (nSPS) is 19.2. The van der Waals surface area contributed by atoms with Gasteiger partial charge in [-0.3, -0.25) is 14.9 Å². The van der Waals surface area contributed by atoms with Crippen molar-refractivity contribution in [1.29, 1.82) is 0 Å². The van der Waals surface area contributed by atoms with Crippen LogP contribution in [0.1, 0.15) is 0 Å². The van der Waals surface area contributed by atoms with Crippen LogP contribution in [0.15, 0.2) is 18.2 Å². The summed E-state index contributed by atoms with van der Waals surface area (Å²) in [7, 11) is 0. The lowest BCUT2D eigenvalue weighted by molar-refractivity contribution is -0.384. The van der Waals surface area contributed by atoms with Gasteiger partial charge in [0, 0.05) is 18.7 Å². The maximum atomic E-state index is 11.4. The standard InChI is InChI=1S/C11H14N4O4/c12-8-5-7(15(17)18)1-2-9(8)14-3-4-19-6-10(14)11(13)16/h1-2,5,10H,3-4,6,12H2,(H2,13,16). The number of benzene rings is 1. The Morgan fingerprint density at radius 2 is 2.26 bits per heavy atom. The number of primary amides is 1. The Hall–Kier alpha value is -2.35. The fourth-order valence-corrected chi connectivity index (χ4v) is 2.04. The third-order valence-corrected chi connectivity index (χ3v) is 2.99. The van der Waals surface area contributed by atoms with Crippen molar-refractivity contribution in [2.45, 2.75) is 6.04 Å². The van der Waals surface area contributed by atoms with Crippen LogP contribution in [-0.2, 0) is 9.53 Å². The largest absolute Gasteiger partial charge is 0.397 e. The Bertz CT molecular complexity index is 519. The first-order chi connectivity index (χ1) is 9.00. The molecule has 1 unspecified atom stereocenters. The van der Waals surface area contributed by atoms with Gasteiger partial charge in [0.05, 0.1) is 29.5 Å². The predicted molar refractivity (Wildman–Crippen MR) is 68.7 cm³/mol. The van der Waals surface area contributed by atoms with Gasteiger partial charge in [-0.05, 0) is 6.07 Å². The van der Waals surface area contributed by atoms with E-state index in [0.717, 1.165) is 0 Å². The van der Waals surface area contributed by atoms with E-state index in [1.807, 2.05) is 0 Å². The molecule has 1 heterocycles. The molecule has 1 saturated heterocycles. The van der Waals surface area contributed by atoms with Gasteiger partial charge in [0.1, 0.15) is 6.04 Å². The van der Waals surface area contributed by atoms with Crippen LogP contribution in [0, 0.1) is 10.1 Å². The topological polar surface area (TPSA) is 125 Å². The molecular weight excluding hydrogens is 252 g/mol. The van der Waals surface area contributed by atoms with E-state index in [2.05, 4.69) is 0 Å². The summed E-state index contributed by atoms with van der Waals surface area (Å²) < 4.78 is 5.21. The third-order valence-electron chi connectivity index (χ3n) is 2.99. The smallest absolute Gasteiger partial charge is 0.271 e. The Morgan fingerprint density at radius 3 is 2.84 bits per heavy atom. The molecule has 0 saturated carbocycles. The first-order valence-electron chi connectivity index (χ1n) is 5.68. The van der Waals surface area contributed by atoms with E-state index in [4.69, 9.17) is 16.2 Å². The molecule has 1 atom stereocenters. The van der Waals surface area contributed by atoms with Crippen molar-refractivity contribution >= 4 is 23.0 Å². The van der Waals surface area contributed by atoms with E-state index in [9.17, 15) is 14.9 Å². The van der Waals surface area contributed by atoms with Crippen molar-refractivity contribution in [3.63, 3.8) is 0 Å². The number of nitrogens with two attached hydrogens (primary N) is 2. The number of hydrogen-bond donors (Lipinski definition) is 2. The molecule has 1 aromatic carbocycles. The number of rotatable bonds is 3. The number of carbonyl (C=O) groups is 1. The summed E-state index contributed by atoms with van der Waals surface area (Å²) >= 11 is 0. The second-order valence-electron chi connectivity index (χ2n) is 4.19. The van der Waals surface area contributed by atoms with Crippen molar-refractivity contribution in [2.24, 2.45) is 5.73 Å². The summed E-state index contributed by atoms with van der Waals surface area (Å²) in [4.78, 5) is 23.2. The van der Waals surface area contributed by atoms with Gasteiger partial charge in [-0.2, -0.15) is 0 Å². The number of ether oxygens (including phenoxy) is 1. The van der Waals surface area contributed by atoms with Gasteiger partial charge in [-0.25, -0.2) is 0 Å². The van der Waals surface area contributed by atoms with Crippen molar-refractivity contribution in [3.8, 4) is 0 Å². The number of carbonyl (C=O) groups excluding carboxylic acids is 1. The number of nitrogens with zero attached hydrogens (tertiary/aromatic N) is 2. The number of nitro benzene ring substituents is 1. The van der Waals surface area contributed by atoms with Crippen LogP contribution in [-0.4, -0.2) is 36.6 Å². The molecule has 4 N–H and O–H groups in total. The second kappa shape index (κ2) is 5.11. The van der Waals surface area contributed by atoms with Crippen LogP contribution in [0.2, 0.25) is 0 Å². The van der Waals surface area contributed by atoms with E-state index in [1.165, 1.54) is 18.2 Å². The zero-order valence-corrected chi connectivity index (χ0v) is 10.1. The lowest BCUT2D eigenvalue weighted by Gasteiger charge is -2.35. The van der Waals surface area contributed by atoms with Gasteiger partial charge < -0.3 is 21.1 Å². The number of morpholine rings is 1. The van der Waals surface area contributed by atoms with E-state index in [0.29, 0.717) is 18.8 Å². The van der Waals surface area contributed by atoms with Crippen LogP contribution in [0.3, 0.4) is 0 Å². The van der Waals surface area contributed by atoms with Crippen LogP contribution in [0.4, 0.5) is 17.1 Å². The molecule has 1 fully saturated rings. The highest BCUT2D eigenvalue weighted by Crippen LogP contribution is 2.29. The summed E-state index contributed by atoms with van der Waals surface area (Å²) in [5.41, 5.74) is 11.8. The molecule has 0 bridgehead atoms. The molecule has 1 aromatic rings. The minimum absolute atomic E-state index is 0.0925. The molecule has 0 aromatic heterocycles. The molecule has 2 rings (SSSR count). The minimum atomic E-state index is -0.613. The van der Waals surface area contributed by atoms with Crippen molar-refractivity contribution < 1.29 is 14.5 Å². The van der Waals surface area contributed by atoms with Crippen molar-refractivity contribution in [3.05, 3.63) is 28.3 Å². The van der Waals surface area contributed by atoms with Crippen LogP contribution < -0.4 is 16.4 Å². The Labute approximate surface area is 109 Å². The lowest BCUT2D eigenvalue weighted by atomic mass is 10.1. The summed E-state index contributed by atoms with van der Waals surface area (Å²) in [6, 6.07) is 3.52. The fourth-order valence-electron chi connectivity index (χ4n) is 2.04. The average molecular weight is 266 g/mol. The molecule has 102 valence electrons. The van der Waals surface area contributed by atoms with Gasteiger partial charge in [0.2, 0.25) is 5.91 Å². The number of anilines is 2. The van der Waals surface area contributed by atoms with Crippen LogP contribution in [0.5, 0.6) is 0 Å². The third kappa shape index (κ3) is 2.58. The molecule has 0 radical (unpaired) electrons. The van der Waals surface area contributed by atoms with Gasteiger partial charge >= 0.3 is 0 Å². The zero-order valence-electron chi connectivity index (χ0n) is 10.1. The summed E-state index contributed by atoms with van der Waals surface area (Å²) in [5, 5.41) is 10.7. The van der Waals surface area contributed by atoms with Gasteiger partial charge in [-0.1, -0.05) is 0 Å². The van der Waals surface area contributed by atoms with Gasteiger partial charge in [0.15, 0.2) is 0 Å². The maximum absolute atomic E-state index is 11.4. The monoisotopic (exact) mass is 266 g/mol. The Morgan fingerprint density at radius 1 is 1.53 bits per heavy atom. The molecular formula is C11H14N4O4. The molecule has 8 nitrogen and oxygen atoms in total. The van der Waals surface area contributed by atoms with Crippen LogP contribution >= 0.6 is 0 Å². The highest BCUT2D eigenvalue weighted by molar-refractivity contribution is 5.86. The molecule has 1 aliphatic heterocycles. The molecule has 19 heavy (non-hydrogen) atoms. The number of non-ortho nitro benzene ring substituents is 1. The molecule has 1 aliphatic rings. The van der Waals surface area contributed by atoms with Crippen molar-refractivity contribution in [1.82, 2.24) is 0 Å². The average Bonchev–Trinajstić information content (AvgIpc) is 2.38. The van der Waals surface area contributed by atoms with E-state index >= 15 is 0 Å².